The second-order valence-electron chi connectivity index (χ2n) is 8.06. The average molecular weight is 368 g/mol. The number of benzene rings is 1. The van der Waals surface area contributed by atoms with Gasteiger partial charge in [0.1, 0.15) is 0 Å². The van der Waals surface area contributed by atoms with E-state index in [0.717, 1.165) is 35.5 Å². The fraction of sp³-hybridized carbons (Fsp3) is 0.522. The van der Waals surface area contributed by atoms with Crippen molar-refractivity contribution in [1.29, 1.82) is 0 Å². The summed E-state index contributed by atoms with van der Waals surface area (Å²) in [4.78, 5) is 14.4. The van der Waals surface area contributed by atoms with E-state index in [0.29, 0.717) is 11.5 Å². The van der Waals surface area contributed by atoms with Crippen LogP contribution in [0.15, 0.2) is 24.3 Å². The first kappa shape index (κ1) is 19.5. The zero-order valence-electron chi connectivity index (χ0n) is 17.2. The molecule has 4 nitrogen and oxygen atoms in total. The van der Waals surface area contributed by atoms with Crippen molar-refractivity contribution in [3.63, 3.8) is 0 Å². The van der Waals surface area contributed by atoms with Crippen LogP contribution in [0.2, 0.25) is 0 Å². The van der Waals surface area contributed by atoms with Gasteiger partial charge in [-0.3, -0.25) is 4.79 Å². The van der Waals surface area contributed by atoms with Gasteiger partial charge in [-0.05, 0) is 49.8 Å². The van der Waals surface area contributed by atoms with Gasteiger partial charge in [-0.15, -0.1) is 0 Å². The fourth-order valence-electron chi connectivity index (χ4n) is 4.58. The lowest BCUT2D eigenvalue weighted by atomic mass is 9.89. The van der Waals surface area contributed by atoms with E-state index >= 15 is 0 Å². The Labute approximate surface area is 163 Å². The molecule has 1 saturated carbocycles. The summed E-state index contributed by atoms with van der Waals surface area (Å²) in [7, 11) is 4.07. The Hall–Kier alpha value is -2.23. The lowest BCUT2D eigenvalue weighted by Gasteiger charge is -2.24. The number of hydrogen-bond donors (Lipinski definition) is 1. The quantitative estimate of drug-likeness (QED) is 0.799. The first-order valence-corrected chi connectivity index (χ1v) is 10.2. The molecule has 0 aliphatic heterocycles. The van der Waals surface area contributed by atoms with Crippen LogP contribution in [0.3, 0.4) is 0 Å². The summed E-state index contributed by atoms with van der Waals surface area (Å²) in [6.07, 6.45) is 7.49. The highest BCUT2D eigenvalue weighted by atomic mass is 16.1. The number of carbonyl (C=O) groups excluding carboxylic acids is 1. The smallest absolute Gasteiger partial charge is 0.251 e. The Kier molecular flexibility index (Phi) is 5.93. The van der Waals surface area contributed by atoms with Crippen molar-refractivity contribution in [2.75, 3.05) is 19.0 Å². The highest BCUT2D eigenvalue weighted by Crippen LogP contribution is 2.36. The highest BCUT2D eigenvalue weighted by molar-refractivity contribution is 6.02. The van der Waals surface area contributed by atoms with Crippen LogP contribution in [-0.2, 0) is 13.0 Å². The molecule has 0 saturated heterocycles. The summed E-state index contributed by atoms with van der Waals surface area (Å²) < 4.78 is 2.38. The number of amides is 1. The van der Waals surface area contributed by atoms with Crippen molar-refractivity contribution in [3.8, 4) is 11.1 Å². The van der Waals surface area contributed by atoms with E-state index in [2.05, 4.69) is 47.6 Å². The molecule has 1 fully saturated rings. The van der Waals surface area contributed by atoms with E-state index in [1.54, 1.807) is 0 Å². The van der Waals surface area contributed by atoms with Crippen LogP contribution < -0.4 is 10.6 Å². The molecular weight excluding hydrogens is 334 g/mol. The number of carbonyl (C=O) groups is 1. The van der Waals surface area contributed by atoms with Crippen molar-refractivity contribution in [3.05, 3.63) is 41.2 Å². The summed E-state index contributed by atoms with van der Waals surface area (Å²) >= 11 is 0. The molecule has 1 aliphatic rings. The third kappa shape index (κ3) is 3.90. The largest absolute Gasteiger partial charge is 0.378 e. The number of anilines is 1. The maximum Gasteiger partial charge on any atom is 0.251 e. The van der Waals surface area contributed by atoms with Gasteiger partial charge in [-0.2, -0.15) is 0 Å². The maximum atomic E-state index is 12.4. The average Bonchev–Trinajstić information content (AvgIpc) is 2.94. The van der Waals surface area contributed by atoms with Crippen LogP contribution in [0.25, 0.3) is 11.1 Å². The molecule has 3 rings (SSSR count). The summed E-state index contributed by atoms with van der Waals surface area (Å²) in [5, 5.41) is 0. The van der Waals surface area contributed by atoms with E-state index < -0.39 is 0 Å². The van der Waals surface area contributed by atoms with E-state index in [9.17, 15) is 4.79 Å². The van der Waals surface area contributed by atoms with Gasteiger partial charge < -0.3 is 15.2 Å². The van der Waals surface area contributed by atoms with Crippen LogP contribution >= 0.6 is 0 Å². The normalized spacial score (nSPS) is 15.1. The number of primary amides is 1. The topological polar surface area (TPSA) is 51.3 Å². The van der Waals surface area contributed by atoms with Gasteiger partial charge in [0.25, 0.3) is 5.91 Å². The monoisotopic (exact) mass is 367 g/mol. The van der Waals surface area contributed by atoms with Crippen molar-refractivity contribution in [1.82, 2.24) is 4.57 Å². The summed E-state index contributed by atoms with van der Waals surface area (Å²) in [6, 6.07) is 8.43. The molecule has 1 amide bonds. The number of nitrogens with zero attached hydrogens (tertiary/aromatic N) is 2. The van der Waals surface area contributed by atoms with Crippen LogP contribution in [0, 0.1) is 12.8 Å². The molecule has 0 bridgehead atoms. The van der Waals surface area contributed by atoms with Crippen LogP contribution in [0.5, 0.6) is 0 Å². The molecule has 0 atom stereocenters. The molecular formula is C23H33N3O. The molecule has 0 radical (unpaired) electrons. The Morgan fingerprint density at radius 3 is 2.30 bits per heavy atom. The Morgan fingerprint density at radius 1 is 1.15 bits per heavy atom. The second-order valence-corrected chi connectivity index (χ2v) is 8.06. The van der Waals surface area contributed by atoms with Gasteiger partial charge >= 0.3 is 0 Å². The van der Waals surface area contributed by atoms with Crippen molar-refractivity contribution < 1.29 is 4.79 Å². The highest BCUT2D eigenvalue weighted by Gasteiger charge is 2.25. The Balaban J connectivity index is 2.08. The molecule has 0 spiro atoms. The first-order chi connectivity index (χ1) is 12.9. The van der Waals surface area contributed by atoms with Gasteiger partial charge in [-0.25, -0.2) is 0 Å². The molecule has 0 unspecified atom stereocenters. The van der Waals surface area contributed by atoms with E-state index in [4.69, 9.17) is 5.73 Å². The predicted molar refractivity (Wildman–Crippen MR) is 113 cm³/mol. The van der Waals surface area contributed by atoms with Gasteiger partial charge in [-0.1, -0.05) is 38.3 Å². The Bertz CT molecular complexity index is 796. The van der Waals surface area contributed by atoms with Gasteiger partial charge in [0, 0.05) is 43.3 Å². The minimum Gasteiger partial charge on any atom is -0.378 e. The third-order valence-electron chi connectivity index (χ3n) is 6.05. The molecule has 2 aromatic rings. The van der Waals surface area contributed by atoms with Gasteiger partial charge in [0.15, 0.2) is 0 Å². The number of nitrogens with two attached hydrogens (primary N) is 1. The molecule has 1 aliphatic carbocycles. The first-order valence-electron chi connectivity index (χ1n) is 10.2. The molecule has 146 valence electrons. The number of rotatable bonds is 6. The van der Waals surface area contributed by atoms with E-state index in [1.165, 1.54) is 37.8 Å². The minimum atomic E-state index is -0.323. The SMILES string of the molecule is CCc1c(-c2ccc(N(C)C)cc2)c(C(N)=O)c(C)n1CC1CCCCC1. The van der Waals surface area contributed by atoms with Crippen molar-refractivity contribution in [2.45, 2.75) is 58.9 Å². The molecule has 1 heterocycles. The number of aromatic nitrogens is 1. The molecule has 1 aromatic carbocycles. The zero-order chi connectivity index (χ0) is 19.6. The van der Waals surface area contributed by atoms with Crippen LogP contribution in [0.4, 0.5) is 5.69 Å². The lowest BCUT2D eigenvalue weighted by Crippen LogP contribution is -2.17. The second kappa shape index (κ2) is 8.20. The van der Waals surface area contributed by atoms with E-state index in [1.807, 2.05) is 14.1 Å². The number of hydrogen-bond acceptors (Lipinski definition) is 2. The zero-order valence-corrected chi connectivity index (χ0v) is 17.2. The maximum absolute atomic E-state index is 12.4. The molecule has 4 heteroatoms. The summed E-state index contributed by atoms with van der Waals surface area (Å²) in [6.45, 7) is 5.24. The third-order valence-corrected chi connectivity index (χ3v) is 6.05. The van der Waals surface area contributed by atoms with Crippen molar-refractivity contribution in [2.24, 2.45) is 11.7 Å². The fourth-order valence-corrected chi connectivity index (χ4v) is 4.58. The molecule has 27 heavy (non-hydrogen) atoms. The summed E-state index contributed by atoms with van der Waals surface area (Å²) in [5.41, 5.74) is 12.1. The molecule has 1 aromatic heterocycles. The minimum absolute atomic E-state index is 0.323. The summed E-state index contributed by atoms with van der Waals surface area (Å²) in [5.74, 6) is 0.385. The van der Waals surface area contributed by atoms with Crippen molar-refractivity contribution >= 4 is 11.6 Å². The lowest BCUT2D eigenvalue weighted by molar-refractivity contribution is 0.1000. The van der Waals surface area contributed by atoms with Gasteiger partial charge in [0.05, 0.1) is 5.56 Å². The van der Waals surface area contributed by atoms with Crippen LogP contribution in [0.1, 0.15) is 60.8 Å². The van der Waals surface area contributed by atoms with Crippen LogP contribution in [-0.4, -0.2) is 24.6 Å². The Morgan fingerprint density at radius 2 is 1.78 bits per heavy atom. The van der Waals surface area contributed by atoms with Gasteiger partial charge in [0.2, 0.25) is 0 Å². The van der Waals surface area contributed by atoms with E-state index in [-0.39, 0.29) is 5.91 Å². The predicted octanol–water partition coefficient (Wildman–Crippen LogP) is 4.77. The standard InChI is InChI=1S/C23H33N3O/c1-5-20-22(18-11-13-19(14-12-18)25(3)4)21(23(24)27)16(2)26(20)15-17-9-7-6-8-10-17/h11-14,17H,5-10,15H2,1-4H3,(H2,24,27). The molecule has 2 N–H and O–H groups in total.